The molecule has 0 saturated carbocycles. The van der Waals surface area contributed by atoms with Crippen LogP contribution in [0.4, 0.5) is 10.5 Å². The molecule has 3 rings (SSSR count). The van der Waals surface area contributed by atoms with Gasteiger partial charge in [-0.1, -0.05) is 19.1 Å². The molecule has 0 radical (unpaired) electrons. The molecule has 39 heavy (non-hydrogen) atoms. The summed E-state index contributed by atoms with van der Waals surface area (Å²) in [6, 6.07) is 14.5. The van der Waals surface area contributed by atoms with Gasteiger partial charge in [0, 0.05) is 24.0 Å². The topological polar surface area (TPSA) is 89.6 Å². The average Bonchev–Trinajstić information content (AvgIpc) is 3.48. The first-order chi connectivity index (χ1) is 18.9. The summed E-state index contributed by atoms with van der Waals surface area (Å²) in [5.41, 5.74) is 1.52. The molecule has 210 valence electrons. The van der Waals surface area contributed by atoms with Crippen molar-refractivity contribution in [3.05, 3.63) is 64.4 Å². The third kappa shape index (κ3) is 8.28. The van der Waals surface area contributed by atoms with Crippen molar-refractivity contribution in [3.63, 3.8) is 0 Å². The maximum absolute atomic E-state index is 13.6. The molecule has 9 nitrogen and oxygen atoms in total. The summed E-state index contributed by atoms with van der Waals surface area (Å²) < 4.78 is 21.4. The zero-order valence-corrected chi connectivity index (χ0v) is 24.0. The first-order valence-corrected chi connectivity index (χ1v) is 13.6. The van der Waals surface area contributed by atoms with Crippen LogP contribution in [0.2, 0.25) is 0 Å². The second-order valence-electron chi connectivity index (χ2n) is 8.75. The Bertz CT molecular complexity index is 1220. The number of amides is 3. The lowest BCUT2D eigenvalue weighted by Gasteiger charge is -2.28. The van der Waals surface area contributed by atoms with Gasteiger partial charge in [0.1, 0.15) is 18.0 Å². The monoisotopic (exact) mass is 555 g/mol. The lowest BCUT2D eigenvalue weighted by atomic mass is 10.1. The van der Waals surface area contributed by atoms with Crippen molar-refractivity contribution in [1.82, 2.24) is 9.80 Å². The summed E-state index contributed by atoms with van der Waals surface area (Å²) in [6.07, 6.45) is 1.33. The van der Waals surface area contributed by atoms with Crippen LogP contribution in [0.1, 0.15) is 23.8 Å². The fourth-order valence-electron chi connectivity index (χ4n) is 4.06. The van der Waals surface area contributed by atoms with Crippen LogP contribution in [0.5, 0.6) is 23.0 Å². The smallest absolute Gasteiger partial charge is 0.322 e. The van der Waals surface area contributed by atoms with Crippen LogP contribution >= 0.6 is 11.3 Å². The molecule has 0 aliphatic carbocycles. The highest BCUT2D eigenvalue weighted by Gasteiger charge is 2.22. The quantitative estimate of drug-likeness (QED) is 0.291. The van der Waals surface area contributed by atoms with Crippen molar-refractivity contribution in [1.29, 1.82) is 0 Å². The van der Waals surface area contributed by atoms with Gasteiger partial charge in [0.25, 0.3) is 0 Å². The van der Waals surface area contributed by atoms with Gasteiger partial charge in [-0.05, 0) is 54.1 Å². The molecule has 0 unspecified atom stereocenters. The molecule has 1 heterocycles. The zero-order chi connectivity index (χ0) is 28.2. The fourth-order valence-corrected chi connectivity index (χ4v) is 4.78. The van der Waals surface area contributed by atoms with Crippen molar-refractivity contribution in [2.75, 3.05) is 53.4 Å². The molecular formula is C29H37N3O6S. The lowest BCUT2D eigenvalue weighted by Crippen LogP contribution is -2.45. The van der Waals surface area contributed by atoms with Crippen molar-refractivity contribution < 1.29 is 28.5 Å². The number of benzene rings is 2. The predicted octanol–water partition coefficient (Wildman–Crippen LogP) is 5.30. The van der Waals surface area contributed by atoms with Gasteiger partial charge in [-0.25, -0.2) is 4.79 Å². The van der Waals surface area contributed by atoms with E-state index < -0.39 is 0 Å². The highest BCUT2D eigenvalue weighted by molar-refractivity contribution is 7.09. The lowest BCUT2D eigenvalue weighted by molar-refractivity contribution is -0.132. The van der Waals surface area contributed by atoms with E-state index in [4.69, 9.17) is 18.9 Å². The average molecular weight is 556 g/mol. The summed E-state index contributed by atoms with van der Waals surface area (Å²) in [5, 5.41) is 4.87. The third-order valence-electron chi connectivity index (χ3n) is 6.16. The van der Waals surface area contributed by atoms with Crippen LogP contribution in [-0.4, -0.2) is 69.8 Å². The van der Waals surface area contributed by atoms with Crippen molar-refractivity contribution >= 4 is 29.0 Å². The highest BCUT2D eigenvalue weighted by atomic mass is 32.1. The van der Waals surface area contributed by atoms with Crippen LogP contribution in [0.15, 0.2) is 53.9 Å². The van der Waals surface area contributed by atoms with Crippen LogP contribution in [-0.2, 0) is 17.8 Å². The van der Waals surface area contributed by atoms with E-state index >= 15 is 0 Å². The van der Waals surface area contributed by atoms with Gasteiger partial charge in [-0.15, -0.1) is 11.3 Å². The zero-order valence-electron chi connectivity index (χ0n) is 23.2. The number of hydrogen-bond donors (Lipinski definition) is 1. The molecule has 1 aromatic heterocycles. The van der Waals surface area contributed by atoms with Crippen LogP contribution in [0.3, 0.4) is 0 Å². The Labute approximate surface area is 234 Å². The largest absolute Gasteiger partial charge is 0.497 e. The van der Waals surface area contributed by atoms with Gasteiger partial charge < -0.3 is 34.1 Å². The van der Waals surface area contributed by atoms with E-state index in [0.717, 1.165) is 10.4 Å². The summed E-state index contributed by atoms with van der Waals surface area (Å²) in [6.45, 7) is 3.31. The fraction of sp³-hybridized carbons (Fsp3) is 0.379. The first kappa shape index (κ1) is 29.6. The van der Waals surface area contributed by atoms with Crippen LogP contribution in [0, 0.1) is 0 Å². The van der Waals surface area contributed by atoms with Gasteiger partial charge >= 0.3 is 6.03 Å². The SMILES string of the molecule is CCCN(CC(=O)N(CCc1ccc(OC)c(OC)c1)Cc1cccs1)C(=O)Nc1ccc(OC)cc1OC. The van der Waals surface area contributed by atoms with Gasteiger partial charge in [-0.3, -0.25) is 4.79 Å². The molecule has 0 aliphatic heterocycles. The number of anilines is 1. The number of nitrogens with zero attached hydrogens (tertiary/aromatic N) is 2. The molecule has 0 fully saturated rings. The van der Waals surface area contributed by atoms with Crippen LogP contribution in [0.25, 0.3) is 0 Å². The van der Waals surface area contributed by atoms with Crippen molar-refractivity contribution in [2.24, 2.45) is 0 Å². The van der Waals surface area contributed by atoms with Crippen LogP contribution < -0.4 is 24.3 Å². The normalized spacial score (nSPS) is 10.5. The Kier molecular flexibility index (Phi) is 11.3. The number of methoxy groups -OCH3 is 4. The van der Waals surface area contributed by atoms with E-state index in [2.05, 4.69) is 5.32 Å². The third-order valence-corrected chi connectivity index (χ3v) is 7.02. The second kappa shape index (κ2) is 14.9. The molecule has 10 heteroatoms. The number of carbonyl (C=O) groups excluding carboxylic acids is 2. The highest BCUT2D eigenvalue weighted by Crippen LogP contribution is 2.30. The number of carbonyl (C=O) groups is 2. The van der Waals surface area contributed by atoms with E-state index in [1.165, 1.54) is 12.0 Å². The molecule has 0 atom stereocenters. The van der Waals surface area contributed by atoms with Gasteiger partial charge in [0.2, 0.25) is 5.91 Å². The molecular weight excluding hydrogens is 518 g/mol. The Hall–Kier alpha value is -3.92. The summed E-state index contributed by atoms with van der Waals surface area (Å²) in [5.74, 6) is 2.26. The molecule has 2 aromatic carbocycles. The molecule has 1 N–H and O–H groups in total. The molecule has 3 amide bonds. The second-order valence-corrected chi connectivity index (χ2v) is 9.78. The molecule has 0 bridgehead atoms. The Balaban J connectivity index is 1.74. The Morgan fingerprint density at radius 2 is 1.62 bits per heavy atom. The van der Waals surface area contributed by atoms with E-state index in [-0.39, 0.29) is 18.5 Å². The Morgan fingerprint density at radius 3 is 2.26 bits per heavy atom. The van der Waals surface area contributed by atoms with Gasteiger partial charge in [-0.2, -0.15) is 0 Å². The summed E-state index contributed by atoms with van der Waals surface area (Å²) >= 11 is 1.60. The number of urea groups is 1. The standard InChI is InChI=1S/C29H37N3O6S/c1-6-14-32(29(34)30-24-11-10-22(35-2)18-26(24)37-4)20-28(33)31(19-23-8-7-16-39-23)15-13-21-9-12-25(36-3)27(17-21)38-5/h7-12,16-18H,6,13-15,19-20H2,1-5H3,(H,30,34). The maximum Gasteiger partial charge on any atom is 0.322 e. The molecule has 0 aliphatic rings. The van der Waals surface area contributed by atoms with E-state index in [9.17, 15) is 9.59 Å². The van der Waals surface area contributed by atoms with E-state index in [1.54, 1.807) is 55.8 Å². The van der Waals surface area contributed by atoms with E-state index in [0.29, 0.717) is 61.2 Å². The number of nitrogens with one attached hydrogen (secondary N) is 1. The van der Waals surface area contributed by atoms with E-state index in [1.807, 2.05) is 42.6 Å². The summed E-state index contributed by atoms with van der Waals surface area (Å²) in [4.78, 5) is 31.2. The minimum atomic E-state index is -0.371. The number of rotatable bonds is 14. The van der Waals surface area contributed by atoms with Crippen molar-refractivity contribution in [2.45, 2.75) is 26.3 Å². The number of ether oxygens (including phenoxy) is 4. The minimum Gasteiger partial charge on any atom is -0.497 e. The Morgan fingerprint density at radius 1 is 0.846 bits per heavy atom. The predicted molar refractivity (Wildman–Crippen MR) is 153 cm³/mol. The summed E-state index contributed by atoms with van der Waals surface area (Å²) in [7, 11) is 6.29. The maximum atomic E-state index is 13.6. The molecule has 0 saturated heterocycles. The molecule has 0 spiro atoms. The number of thiophene rings is 1. The number of hydrogen-bond acceptors (Lipinski definition) is 7. The first-order valence-electron chi connectivity index (χ1n) is 12.7. The van der Waals surface area contributed by atoms with Gasteiger partial charge in [0.15, 0.2) is 11.5 Å². The van der Waals surface area contributed by atoms with Crippen molar-refractivity contribution in [3.8, 4) is 23.0 Å². The minimum absolute atomic E-state index is 0.0462. The van der Waals surface area contributed by atoms with Gasteiger partial charge in [0.05, 0.1) is 40.7 Å². The molecule has 3 aromatic rings.